The number of nitrogens with zero attached hydrogens (tertiary/aromatic N) is 2. The second-order valence-electron chi connectivity index (χ2n) is 6.69. The van der Waals surface area contributed by atoms with Gasteiger partial charge in [-0.3, -0.25) is 9.89 Å². The molecule has 1 heterocycles. The number of hydrogen-bond donors (Lipinski definition) is 2. The molecule has 1 aliphatic heterocycles. The Hall–Kier alpha value is -1.02. The van der Waals surface area contributed by atoms with Gasteiger partial charge in [-0.05, 0) is 44.8 Å². The molecule has 1 atom stereocenters. The molecule has 0 amide bonds. The van der Waals surface area contributed by atoms with Gasteiger partial charge < -0.3 is 15.4 Å². The number of methoxy groups -OCH3 is 1. The monoisotopic (exact) mass is 460 g/mol. The van der Waals surface area contributed by atoms with Crippen molar-refractivity contribution in [1.29, 1.82) is 0 Å². The number of aliphatic imine (C=N–C) groups is 1. The average molecular weight is 460 g/mol. The van der Waals surface area contributed by atoms with Crippen LogP contribution in [0.25, 0.3) is 0 Å². The zero-order chi connectivity index (χ0) is 17.4. The summed E-state index contributed by atoms with van der Waals surface area (Å²) in [6.45, 7) is 8.65. The molecule has 0 aromatic heterocycles. The molecule has 1 aliphatic rings. The zero-order valence-electron chi connectivity index (χ0n) is 15.9. The Labute approximate surface area is 169 Å². The lowest BCUT2D eigenvalue weighted by Gasteiger charge is -2.35. The lowest BCUT2D eigenvalue weighted by Crippen LogP contribution is -2.48. The minimum Gasteiger partial charge on any atom is -0.496 e. The van der Waals surface area contributed by atoms with E-state index in [0.717, 1.165) is 29.7 Å². The van der Waals surface area contributed by atoms with Gasteiger partial charge in [-0.15, -0.1) is 24.0 Å². The maximum absolute atomic E-state index is 5.39. The number of benzene rings is 1. The van der Waals surface area contributed by atoms with Gasteiger partial charge in [0.05, 0.1) is 7.11 Å². The summed E-state index contributed by atoms with van der Waals surface area (Å²) in [6.07, 6.45) is 2.62. The fourth-order valence-corrected chi connectivity index (χ4v) is 3.09. The van der Waals surface area contributed by atoms with E-state index in [2.05, 4.69) is 40.4 Å². The van der Waals surface area contributed by atoms with Crippen molar-refractivity contribution in [2.45, 2.75) is 39.3 Å². The summed E-state index contributed by atoms with van der Waals surface area (Å²) in [4.78, 5) is 6.89. The van der Waals surface area contributed by atoms with Gasteiger partial charge in [-0.2, -0.15) is 0 Å². The molecule has 0 spiro atoms. The molecule has 5 nitrogen and oxygen atoms in total. The number of rotatable bonds is 6. The smallest absolute Gasteiger partial charge is 0.191 e. The van der Waals surface area contributed by atoms with Gasteiger partial charge in [0, 0.05) is 31.7 Å². The molecular weight excluding hydrogens is 427 g/mol. The highest BCUT2D eigenvalue weighted by molar-refractivity contribution is 14.0. The predicted octanol–water partition coefficient (Wildman–Crippen LogP) is 3.10. The van der Waals surface area contributed by atoms with Crippen molar-refractivity contribution < 1.29 is 4.74 Å². The quantitative estimate of drug-likeness (QED) is 0.389. The molecule has 2 N–H and O–H groups in total. The van der Waals surface area contributed by atoms with Crippen LogP contribution in [-0.2, 0) is 6.54 Å². The first kappa shape index (κ1) is 22.0. The first-order chi connectivity index (χ1) is 11.6. The van der Waals surface area contributed by atoms with E-state index in [9.17, 15) is 0 Å². The second kappa shape index (κ2) is 11.6. The predicted molar refractivity (Wildman–Crippen MR) is 116 cm³/mol. The fraction of sp³-hybridized carbons (Fsp3) is 0.632. The molecule has 0 saturated carbocycles. The Morgan fingerprint density at radius 1 is 1.28 bits per heavy atom. The normalized spacial score (nSPS) is 17.5. The number of para-hydroxylation sites is 1. The second-order valence-corrected chi connectivity index (χ2v) is 6.69. The van der Waals surface area contributed by atoms with Crippen LogP contribution >= 0.6 is 24.0 Å². The summed E-state index contributed by atoms with van der Waals surface area (Å²) in [5, 5.41) is 6.81. The van der Waals surface area contributed by atoms with Gasteiger partial charge in [0.15, 0.2) is 5.96 Å². The molecule has 1 aromatic rings. The van der Waals surface area contributed by atoms with Crippen molar-refractivity contribution in [3.05, 3.63) is 29.8 Å². The Kier molecular flexibility index (Phi) is 10.2. The number of ether oxygens (including phenoxy) is 1. The summed E-state index contributed by atoms with van der Waals surface area (Å²) < 4.78 is 5.39. The maximum atomic E-state index is 5.39. The van der Waals surface area contributed by atoms with E-state index in [1.165, 1.54) is 25.9 Å². The van der Waals surface area contributed by atoms with E-state index < -0.39 is 0 Å². The number of nitrogens with one attached hydrogen (secondary N) is 2. The standard InChI is InChI=1S/C19H32N4O.HI/c1-15-9-11-23(12-10-15)16(2)13-21-19(20-3)22-14-17-7-5-6-8-18(17)24-4;/h5-8,15-16H,9-14H2,1-4H3,(H2,20,21,22);1H. The summed E-state index contributed by atoms with van der Waals surface area (Å²) in [7, 11) is 3.51. The Balaban J connectivity index is 0.00000312. The fourth-order valence-electron chi connectivity index (χ4n) is 3.09. The van der Waals surface area contributed by atoms with E-state index in [1.54, 1.807) is 7.11 Å². The molecule has 1 aromatic carbocycles. The molecule has 142 valence electrons. The van der Waals surface area contributed by atoms with Crippen LogP contribution in [0.15, 0.2) is 29.3 Å². The Bertz CT molecular complexity index is 530. The van der Waals surface area contributed by atoms with Crippen molar-refractivity contribution in [1.82, 2.24) is 15.5 Å². The van der Waals surface area contributed by atoms with Crippen LogP contribution in [0.1, 0.15) is 32.3 Å². The van der Waals surface area contributed by atoms with Crippen molar-refractivity contribution in [3.8, 4) is 5.75 Å². The minimum absolute atomic E-state index is 0. The Morgan fingerprint density at radius 3 is 2.60 bits per heavy atom. The summed E-state index contributed by atoms with van der Waals surface area (Å²) in [6, 6.07) is 8.57. The molecule has 0 bridgehead atoms. The molecular formula is C19H33IN4O. The highest BCUT2D eigenvalue weighted by atomic mass is 127. The van der Waals surface area contributed by atoms with Crippen LogP contribution in [-0.4, -0.2) is 50.7 Å². The number of piperidine rings is 1. The molecule has 0 aliphatic carbocycles. The molecule has 6 heteroatoms. The van der Waals surface area contributed by atoms with Gasteiger partial charge in [-0.25, -0.2) is 0 Å². The third-order valence-corrected chi connectivity index (χ3v) is 4.87. The number of guanidine groups is 1. The summed E-state index contributed by atoms with van der Waals surface area (Å²) in [5.41, 5.74) is 1.13. The molecule has 1 saturated heterocycles. The van der Waals surface area contributed by atoms with Crippen molar-refractivity contribution >= 4 is 29.9 Å². The molecule has 1 fully saturated rings. The van der Waals surface area contributed by atoms with E-state index >= 15 is 0 Å². The molecule has 25 heavy (non-hydrogen) atoms. The third kappa shape index (κ3) is 7.01. The first-order valence-electron chi connectivity index (χ1n) is 8.94. The lowest BCUT2D eigenvalue weighted by atomic mass is 9.98. The summed E-state index contributed by atoms with van der Waals surface area (Å²) in [5.74, 6) is 2.60. The average Bonchev–Trinajstić information content (AvgIpc) is 2.62. The van der Waals surface area contributed by atoms with E-state index in [-0.39, 0.29) is 24.0 Å². The van der Waals surface area contributed by atoms with Gasteiger partial charge in [-0.1, -0.05) is 25.1 Å². The maximum Gasteiger partial charge on any atom is 0.191 e. The third-order valence-electron chi connectivity index (χ3n) is 4.87. The first-order valence-corrected chi connectivity index (χ1v) is 8.94. The van der Waals surface area contributed by atoms with Crippen LogP contribution in [0.2, 0.25) is 0 Å². The zero-order valence-corrected chi connectivity index (χ0v) is 18.2. The van der Waals surface area contributed by atoms with Crippen molar-refractivity contribution in [3.63, 3.8) is 0 Å². The highest BCUT2D eigenvalue weighted by Crippen LogP contribution is 2.18. The number of halogens is 1. The van der Waals surface area contributed by atoms with Crippen LogP contribution in [0, 0.1) is 5.92 Å². The highest BCUT2D eigenvalue weighted by Gasteiger charge is 2.20. The SMILES string of the molecule is CN=C(NCc1ccccc1OC)NCC(C)N1CCC(C)CC1.I. The van der Waals surface area contributed by atoms with Gasteiger partial charge in [0.2, 0.25) is 0 Å². The van der Waals surface area contributed by atoms with Crippen molar-refractivity contribution in [2.24, 2.45) is 10.9 Å². The van der Waals surface area contributed by atoms with Gasteiger partial charge >= 0.3 is 0 Å². The lowest BCUT2D eigenvalue weighted by molar-refractivity contribution is 0.147. The van der Waals surface area contributed by atoms with E-state index in [1.807, 2.05) is 25.2 Å². The topological polar surface area (TPSA) is 48.9 Å². The molecule has 2 rings (SSSR count). The van der Waals surface area contributed by atoms with Crippen LogP contribution in [0.5, 0.6) is 5.75 Å². The van der Waals surface area contributed by atoms with Crippen LogP contribution in [0.4, 0.5) is 0 Å². The summed E-state index contributed by atoms with van der Waals surface area (Å²) >= 11 is 0. The molecule has 0 radical (unpaired) electrons. The van der Waals surface area contributed by atoms with E-state index in [0.29, 0.717) is 12.6 Å². The van der Waals surface area contributed by atoms with Crippen LogP contribution in [0.3, 0.4) is 0 Å². The molecule has 1 unspecified atom stereocenters. The number of hydrogen-bond acceptors (Lipinski definition) is 3. The number of likely N-dealkylation sites (tertiary alicyclic amines) is 1. The largest absolute Gasteiger partial charge is 0.496 e. The minimum atomic E-state index is 0. The van der Waals surface area contributed by atoms with Gasteiger partial charge in [0.1, 0.15) is 5.75 Å². The van der Waals surface area contributed by atoms with Crippen molar-refractivity contribution in [2.75, 3.05) is 33.8 Å². The van der Waals surface area contributed by atoms with Gasteiger partial charge in [0.25, 0.3) is 0 Å². The van der Waals surface area contributed by atoms with E-state index in [4.69, 9.17) is 4.74 Å². The van der Waals surface area contributed by atoms with Crippen LogP contribution < -0.4 is 15.4 Å². The Morgan fingerprint density at radius 2 is 1.96 bits per heavy atom.